The summed E-state index contributed by atoms with van der Waals surface area (Å²) in [5.74, 6) is 1.67. The zero-order valence-electron chi connectivity index (χ0n) is 13.5. The average molecular weight is 369 g/mol. The highest BCUT2D eigenvalue weighted by molar-refractivity contribution is 8.39. The fraction of sp³-hybridized carbons (Fsp3) is 0.412. The van der Waals surface area contributed by atoms with Crippen LogP contribution in [0.25, 0.3) is 0 Å². The SMILES string of the molecule is CN1C(=CC(=O)CSC2=NCCS2)C(C)(C)c2ccccc21.Cl. The minimum atomic E-state index is -0.134. The van der Waals surface area contributed by atoms with E-state index in [9.17, 15) is 4.79 Å². The highest BCUT2D eigenvalue weighted by Gasteiger charge is 2.38. The van der Waals surface area contributed by atoms with E-state index in [1.165, 1.54) is 11.3 Å². The molecular formula is C17H21ClN2OS2. The number of ketones is 1. The van der Waals surface area contributed by atoms with Crippen LogP contribution in [0.3, 0.4) is 0 Å². The molecule has 3 rings (SSSR count). The number of likely N-dealkylation sites (N-methyl/N-ethyl adjacent to an activating group) is 1. The Bertz CT molecular complexity index is 670. The molecule has 2 aliphatic heterocycles. The number of para-hydroxylation sites is 1. The monoisotopic (exact) mass is 368 g/mol. The number of halogens is 1. The van der Waals surface area contributed by atoms with E-state index in [0.29, 0.717) is 5.75 Å². The third-order valence-corrected chi connectivity index (χ3v) is 6.41. The van der Waals surface area contributed by atoms with Crippen LogP contribution in [0, 0.1) is 0 Å². The second-order valence-electron chi connectivity index (χ2n) is 5.98. The number of thioether (sulfide) groups is 2. The van der Waals surface area contributed by atoms with E-state index >= 15 is 0 Å². The summed E-state index contributed by atoms with van der Waals surface area (Å²) < 4.78 is 1.05. The van der Waals surface area contributed by atoms with E-state index in [4.69, 9.17) is 0 Å². The molecule has 0 aromatic heterocycles. The van der Waals surface area contributed by atoms with Crippen molar-refractivity contribution in [2.45, 2.75) is 19.3 Å². The number of nitrogens with zero attached hydrogens (tertiary/aromatic N) is 2. The van der Waals surface area contributed by atoms with Gasteiger partial charge in [-0.05, 0) is 11.6 Å². The molecule has 0 saturated heterocycles. The standard InChI is InChI=1S/C17H20N2OS2.ClH/c1-17(2)13-6-4-5-7-14(13)19(3)15(17)10-12(20)11-22-16-18-8-9-21-16;/h4-7,10H,8-9,11H2,1-3H3;1H. The molecular weight excluding hydrogens is 348 g/mol. The van der Waals surface area contributed by atoms with E-state index < -0.39 is 0 Å². The Hall–Kier alpha value is -0.910. The van der Waals surface area contributed by atoms with Crippen molar-refractivity contribution in [2.24, 2.45) is 4.99 Å². The van der Waals surface area contributed by atoms with Crippen LogP contribution < -0.4 is 4.90 Å². The molecule has 0 fully saturated rings. The molecule has 1 aromatic carbocycles. The van der Waals surface area contributed by atoms with Crippen LogP contribution in [0.15, 0.2) is 41.0 Å². The number of anilines is 1. The zero-order chi connectivity index (χ0) is 15.7. The Morgan fingerprint density at radius 2 is 2.17 bits per heavy atom. The third kappa shape index (κ3) is 3.62. The smallest absolute Gasteiger partial charge is 0.167 e. The Morgan fingerprint density at radius 1 is 1.43 bits per heavy atom. The lowest BCUT2D eigenvalue weighted by Crippen LogP contribution is -2.24. The Balaban J connectivity index is 0.00000192. The van der Waals surface area contributed by atoms with Gasteiger partial charge in [0.2, 0.25) is 0 Å². The minimum Gasteiger partial charge on any atom is -0.347 e. The average Bonchev–Trinajstić information content (AvgIpc) is 3.08. The topological polar surface area (TPSA) is 32.7 Å². The molecule has 1 aromatic rings. The van der Waals surface area contributed by atoms with Gasteiger partial charge in [0.25, 0.3) is 0 Å². The van der Waals surface area contributed by atoms with Gasteiger partial charge in [-0.15, -0.1) is 12.4 Å². The van der Waals surface area contributed by atoms with Crippen molar-refractivity contribution in [1.82, 2.24) is 0 Å². The lowest BCUT2D eigenvalue weighted by Gasteiger charge is -2.23. The molecule has 6 heteroatoms. The molecule has 0 spiro atoms. The van der Waals surface area contributed by atoms with Gasteiger partial charge >= 0.3 is 0 Å². The van der Waals surface area contributed by atoms with Crippen LogP contribution in [0.4, 0.5) is 5.69 Å². The Kier molecular flexibility index (Phi) is 5.87. The summed E-state index contributed by atoms with van der Waals surface area (Å²) in [6, 6.07) is 8.36. The van der Waals surface area contributed by atoms with Gasteiger partial charge in [0.05, 0.1) is 12.3 Å². The van der Waals surface area contributed by atoms with E-state index in [0.717, 1.165) is 22.4 Å². The number of carbonyl (C=O) groups is 1. The number of hydrogen-bond acceptors (Lipinski definition) is 5. The first-order valence-electron chi connectivity index (χ1n) is 7.38. The van der Waals surface area contributed by atoms with Crippen molar-refractivity contribution in [3.8, 4) is 0 Å². The van der Waals surface area contributed by atoms with Gasteiger partial charge in [0.1, 0.15) is 4.38 Å². The molecule has 0 bridgehead atoms. The van der Waals surface area contributed by atoms with E-state index in [1.807, 2.05) is 19.2 Å². The van der Waals surface area contributed by atoms with E-state index in [2.05, 4.69) is 41.9 Å². The summed E-state index contributed by atoms with van der Waals surface area (Å²) in [7, 11) is 2.04. The van der Waals surface area contributed by atoms with Crippen molar-refractivity contribution in [3.05, 3.63) is 41.6 Å². The van der Waals surface area contributed by atoms with Gasteiger partial charge in [-0.3, -0.25) is 9.79 Å². The maximum atomic E-state index is 12.4. The largest absolute Gasteiger partial charge is 0.347 e. The Morgan fingerprint density at radius 3 is 2.83 bits per heavy atom. The molecule has 0 N–H and O–H groups in total. The lowest BCUT2D eigenvalue weighted by atomic mass is 9.83. The van der Waals surface area contributed by atoms with E-state index in [-0.39, 0.29) is 23.6 Å². The molecule has 3 nitrogen and oxygen atoms in total. The second-order valence-corrected chi connectivity index (χ2v) is 8.29. The van der Waals surface area contributed by atoms with Gasteiger partial charge in [0.15, 0.2) is 5.78 Å². The number of fused-ring (bicyclic) bond motifs is 1. The van der Waals surface area contributed by atoms with Crippen LogP contribution >= 0.6 is 35.9 Å². The molecule has 0 aliphatic carbocycles. The molecule has 0 saturated carbocycles. The second kappa shape index (κ2) is 7.32. The van der Waals surface area contributed by atoms with Gasteiger partial charge in [-0.1, -0.05) is 55.6 Å². The van der Waals surface area contributed by atoms with Crippen molar-refractivity contribution in [3.63, 3.8) is 0 Å². The molecule has 2 aliphatic rings. The molecule has 0 amide bonds. The van der Waals surface area contributed by atoms with Crippen molar-refractivity contribution < 1.29 is 4.79 Å². The normalized spacial score (nSPS) is 20.2. The first kappa shape index (κ1) is 18.4. The first-order valence-corrected chi connectivity index (χ1v) is 9.35. The van der Waals surface area contributed by atoms with Crippen LogP contribution in [0.1, 0.15) is 19.4 Å². The van der Waals surface area contributed by atoms with Gasteiger partial charge in [-0.25, -0.2) is 0 Å². The van der Waals surface area contributed by atoms with Gasteiger partial charge in [0, 0.05) is 35.7 Å². The summed E-state index contributed by atoms with van der Waals surface area (Å²) in [6.07, 6.45) is 1.81. The zero-order valence-corrected chi connectivity index (χ0v) is 16.0. The van der Waals surface area contributed by atoms with Gasteiger partial charge in [-0.2, -0.15) is 0 Å². The number of carbonyl (C=O) groups excluding carboxylic acids is 1. The summed E-state index contributed by atoms with van der Waals surface area (Å²) in [6.45, 7) is 5.24. The predicted octanol–water partition coefficient (Wildman–Crippen LogP) is 4.12. The van der Waals surface area contributed by atoms with Crippen molar-refractivity contribution >= 4 is 51.8 Å². The fourth-order valence-corrected chi connectivity index (χ4v) is 4.82. The van der Waals surface area contributed by atoms with Crippen LogP contribution in [0.5, 0.6) is 0 Å². The van der Waals surface area contributed by atoms with Crippen molar-refractivity contribution in [1.29, 1.82) is 0 Å². The number of allylic oxidation sites excluding steroid dienone is 2. The predicted molar refractivity (Wildman–Crippen MR) is 105 cm³/mol. The number of hydrogen-bond donors (Lipinski definition) is 0. The lowest BCUT2D eigenvalue weighted by molar-refractivity contribution is -0.112. The fourth-order valence-electron chi connectivity index (χ4n) is 2.99. The van der Waals surface area contributed by atoms with Crippen LogP contribution in [-0.4, -0.2) is 35.3 Å². The number of benzene rings is 1. The molecule has 124 valence electrons. The minimum absolute atomic E-state index is 0. The summed E-state index contributed by atoms with van der Waals surface area (Å²) in [4.78, 5) is 18.9. The van der Waals surface area contributed by atoms with Crippen LogP contribution in [-0.2, 0) is 10.2 Å². The molecule has 0 radical (unpaired) electrons. The van der Waals surface area contributed by atoms with Gasteiger partial charge < -0.3 is 4.90 Å². The summed E-state index contributed by atoms with van der Waals surface area (Å²) in [5.41, 5.74) is 3.40. The summed E-state index contributed by atoms with van der Waals surface area (Å²) >= 11 is 3.31. The highest BCUT2D eigenvalue weighted by Crippen LogP contribution is 2.46. The van der Waals surface area contributed by atoms with Crippen LogP contribution in [0.2, 0.25) is 0 Å². The maximum absolute atomic E-state index is 12.4. The van der Waals surface area contributed by atoms with E-state index in [1.54, 1.807) is 23.5 Å². The highest BCUT2D eigenvalue weighted by atomic mass is 35.5. The third-order valence-electron chi connectivity index (χ3n) is 4.13. The Labute approximate surface area is 152 Å². The maximum Gasteiger partial charge on any atom is 0.167 e. The summed E-state index contributed by atoms with van der Waals surface area (Å²) in [5, 5.41) is 0. The molecule has 0 atom stereocenters. The van der Waals surface area contributed by atoms with Crippen molar-refractivity contribution in [2.75, 3.05) is 30.0 Å². The molecule has 2 heterocycles. The molecule has 23 heavy (non-hydrogen) atoms. The number of rotatable bonds is 3. The number of aliphatic imine (C=N–C) groups is 1. The quantitative estimate of drug-likeness (QED) is 0.751. The first-order chi connectivity index (χ1) is 10.5. The molecule has 0 unspecified atom stereocenters.